The van der Waals surface area contributed by atoms with Crippen LogP contribution < -0.4 is 5.32 Å². The lowest BCUT2D eigenvalue weighted by molar-refractivity contribution is -0.0913. The van der Waals surface area contributed by atoms with Gasteiger partial charge in [-0.2, -0.15) is 0 Å². The van der Waals surface area contributed by atoms with Crippen LogP contribution in [0.3, 0.4) is 0 Å². The van der Waals surface area contributed by atoms with Gasteiger partial charge in [0.05, 0.1) is 12.2 Å². The lowest BCUT2D eigenvalue weighted by Crippen LogP contribution is -2.51. The molecule has 0 saturated carbocycles. The van der Waals surface area contributed by atoms with Crippen LogP contribution in [0.5, 0.6) is 0 Å². The molecule has 4 heteroatoms. The van der Waals surface area contributed by atoms with Crippen molar-refractivity contribution in [3.05, 3.63) is 0 Å². The standard InChI is InChI=1S/C15H27NO3/c1-12(13-2-6-17-7-3-13)16-14-4-8-19-15(10-14)5-9-18-11-15/h12-14,16H,2-11H2,1H3. The van der Waals surface area contributed by atoms with Gasteiger partial charge in [-0.15, -0.1) is 0 Å². The van der Waals surface area contributed by atoms with Gasteiger partial charge in [0.25, 0.3) is 0 Å². The van der Waals surface area contributed by atoms with E-state index in [1.165, 1.54) is 12.8 Å². The molecule has 3 atom stereocenters. The van der Waals surface area contributed by atoms with Crippen molar-refractivity contribution in [2.75, 3.05) is 33.0 Å². The maximum absolute atomic E-state index is 6.00. The zero-order valence-electron chi connectivity index (χ0n) is 12.0. The van der Waals surface area contributed by atoms with Crippen molar-refractivity contribution in [1.82, 2.24) is 5.32 Å². The Morgan fingerprint density at radius 1 is 1.05 bits per heavy atom. The molecule has 0 bridgehead atoms. The fourth-order valence-corrected chi connectivity index (χ4v) is 3.76. The summed E-state index contributed by atoms with van der Waals surface area (Å²) < 4.78 is 17.0. The maximum atomic E-state index is 6.00. The normalized spacial score (nSPS) is 38.7. The Bertz CT molecular complexity index is 285. The van der Waals surface area contributed by atoms with Crippen molar-refractivity contribution in [3.8, 4) is 0 Å². The highest BCUT2D eigenvalue weighted by Gasteiger charge is 2.41. The Labute approximate surface area is 116 Å². The number of hydrogen-bond acceptors (Lipinski definition) is 4. The fourth-order valence-electron chi connectivity index (χ4n) is 3.76. The van der Waals surface area contributed by atoms with E-state index < -0.39 is 0 Å². The van der Waals surface area contributed by atoms with E-state index >= 15 is 0 Å². The molecule has 1 N–H and O–H groups in total. The summed E-state index contributed by atoms with van der Waals surface area (Å²) in [4.78, 5) is 0. The zero-order chi connectivity index (χ0) is 13.1. The Kier molecular flexibility index (Phi) is 4.42. The number of ether oxygens (including phenoxy) is 3. The van der Waals surface area contributed by atoms with Crippen LogP contribution in [0.15, 0.2) is 0 Å². The molecule has 4 nitrogen and oxygen atoms in total. The summed E-state index contributed by atoms with van der Waals surface area (Å²) >= 11 is 0. The van der Waals surface area contributed by atoms with Crippen LogP contribution in [0.1, 0.15) is 39.0 Å². The van der Waals surface area contributed by atoms with Crippen molar-refractivity contribution in [1.29, 1.82) is 0 Å². The van der Waals surface area contributed by atoms with Crippen LogP contribution in [0, 0.1) is 5.92 Å². The second-order valence-corrected chi connectivity index (χ2v) is 6.43. The van der Waals surface area contributed by atoms with Crippen LogP contribution >= 0.6 is 0 Å². The van der Waals surface area contributed by atoms with E-state index in [2.05, 4.69) is 12.2 Å². The minimum absolute atomic E-state index is 0.0192. The number of nitrogens with one attached hydrogen (secondary N) is 1. The molecule has 0 amide bonds. The van der Waals surface area contributed by atoms with E-state index in [0.717, 1.165) is 58.2 Å². The Morgan fingerprint density at radius 2 is 1.89 bits per heavy atom. The number of rotatable bonds is 3. The highest BCUT2D eigenvalue weighted by molar-refractivity contribution is 4.94. The smallest absolute Gasteiger partial charge is 0.0951 e. The van der Waals surface area contributed by atoms with Crippen LogP contribution in [0.25, 0.3) is 0 Å². The zero-order valence-corrected chi connectivity index (χ0v) is 12.0. The van der Waals surface area contributed by atoms with Crippen molar-refractivity contribution >= 4 is 0 Å². The molecule has 3 fully saturated rings. The van der Waals surface area contributed by atoms with Gasteiger partial charge in [0.15, 0.2) is 0 Å². The molecule has 0 aromatic carbocycles. The summed E-state index contributed by atoms with van der Waals surface area (Å²) in [5.41, 5.74) is 0.0192. The van der Waals surface area contributed by atoms with Gasteiger partial charge in [-0.05, 0) is 38.5 Å². The van der Waals surface area contributed by atoms with Crippen molar-refractivity contribution in [2.45, 2.75) is 56.7 Å². The molecule has 0 aromatic rings. The van der Waals surface area contributed by atoms with Crippen LogP contribution in [-0.2, 0) is 14.2 Å². The van der Waals surface area contributed by atoms with Crippen LogP contribution in [0.2, 0.25) is 0 Å². The molecule has 3 saturated heterocycles. The first-order chi connectivity index (χ1) is 9.27. The SMILES string of the molecule is CC(NC1CCOC2(CCOC2)C1)C1CCOCC1. The second kappa shape index (κ2) is 6.08. The highest BCUT2D eigenvalue weighted by Crippen LogP contribution is 2.33. The predicted molar refractivity (Wildman–Crippen MR) is 73.3 cm³/mol. The quantitative estimate of drug-likeness (QED) is 0.847. The molecule has 3 rings (SSSR count). The summed E-state index contributed by atoms with van der Waals surface area (Å²) in [6.45, 7) is 6.73. The van der Waals surface area contributed by atoms with Gasteiger partial charge >= 0.3 is 0 Å². The van der Waals surface area contributed by atoms with Gasteiger partial charge in [-0.25, -0.2) is 0 Å². The molecular formula is C15H27NO3. The van der Waals surface area contributed by atoms with Gasteiger partial charge in [-0.3, -0.25) is 0 Å². The lowest BCUT2D eigenvalue weighted by Gasteiger charge is -2.40. The minimum Gasteiger partial charge on any atom is -0.381 e. The minimum atomic E-state index is 0.0192. The molecule has 3 heterocycles. The summed E-state index contributed by atoms with van der Waals surface area (Å²) in [6.07, 6.45) is 5.71. The molecule has 110 valence electrons. The maximum Gasteiger partial charge on any atom is 0.0951 e. The fraction of sp³-hybridized carbons (Fsp3) is 1.00. The van der Waals surface area contributed by atoms with Gasteiger partial charge in [0.2, 0.25) is 0 Å². The molecular weight excluding hydrogens is 242 g/mol. The molecule has 0 aromatic heterocycles. The lowest BCUT2D eigenvalue weighted by atomic mass is 9.87. The van der Waals surface area contributed by atoms with E-state index in [0.29, 0.717) is 12.1 Å². The number of hydrogen-bond donors (Lipinski definition) is 1. The van der Waals surface area contributed by atoms with E-state index in [-0.39, 0.29) is 5.60 Å². The van der Waals surface area contributed by atoms with E-state index in [1.807, 2.05) is 0 Å². The largest absolute Gasteiger partial charge is 0.381 e. The summed E-state index contributed by atoms with van der Waals surface area (Å²) in [6, 6.07) is 1.18. The van der Waals surface area contributed by atoms with Crippen molar-refractivity contribution < 1.29 is 14.2 Å². The average Bonchev–Trinajstić information content (AvgIpc) is 2.88. The summed E-state index contributed by atoms with van der Waals surface area (Å²) in [5, 5.41) is 3.85. The molecule has 0 aliphatic carbocycles. The summed E-state index contributed by atoms with van der Waals surface area (Å²) in [5.74, 6) is 0.771. The van der Waals surface area contributed by atoms with Crippen molar-refractivity contribution in [3.63, 3.8) is 0 Å². The first-order valence-corrected chi connectivity index (χ1v) is 7.83. The highest BCUT2D eigenvalue weighted by atomic mass is 16.6. The molecule has 3 unspecified atom stereocenters. The Morgan fingerprint density at radius 3 is 2.63 bits per heavy atom. The average molecular weight is 269 g/mol. The first kappa shape index (κ1) is 13.8. The Balaban J connectivity index is 1.51. The van der Waals surface area contributed by atoms with Crippen LogP contribution in [-0.4, -0.2) is 50.7 Å². The molecule has 3 aliphatic rings. The monoisotopic (exact) mass is 269 g/mol. The van der Waals surface area contributed by atoms with Gasteiger partial charge in [0, 0.05) is 44.9 Å². The first-order valence-electron chi connectivity index (χ1n) is 7.83. The van der Waals surface area contributed by atoms with Gasteiger partial charge in [-0.1, -0.05) is 0 Å². The topological polar surface area (TPSA) is 39.7 Å². The van der Waals surface area contributed by atoms with E-state index in [9.17, 15) is 0 Å². The molecule has 1 spiro atoms. The summed E-state index contributed by atoms with van der Waals surface area (Å²) in [7, 11) is 0. The van der Waals surface area contributed by atoms with Gasteiger partial charge in [0.1, 0.15) is 0 Å². The predicted octanol–water partition coefficient (Wildman–Crippen LogP) is 1.73. The molecule has 3 aliphatic heterocycles. The van der Waals surface area contributed by atoms with E-state index in [1.54, 1.807) is 0 Å². The third-order valence-electron chi connectivity index (χ3n) is 5.03. The van der Waals surface area contributed by atoms with Gasteiger partial charge < -0.3 is 19.5 Å². The molecule has 0 radical (unpaired) electrons. The molecule has 19 heavy (non-hydrogen) atoms. The second-order valence-electron chi connectivity index (χ2n) is 6.43. The Hall–Kier alpha value is -0.160. The third-order valence-corrected chi connectivity index (χ3v) is 5.03. The van der Waals surface area contributed by atoms with Crippen LogP contribution in [0.4, 0.5) is 0 Å². The third kappa shape index (κ3) is 3.30. The van der Waals surface area contributed by atoms with Crippen molar-refractivity contribution in [2.24, 2.45) is 5.92 Å². The van der Waals surface area contributed by atoms with E-state index in [4.69, 9.17) is 14.2 Å².